The molecule has 0 saturated carbocycles. The van der Waals surface area contributed by atoms with E-state index in [0.29, 0.717) is 12.1 Å². The van der Waals surface area contributed by atoms with E-state index in [1.807, 2.05) is 19.9 Å². The number of anilines is 1. The number of hydrazine groups is 1. The first-order valence-corrected chi connectivity index (χ1v) is 7.12. The summed E-state index contributed by atoms with van der Waals surface area (Å²) >= 11 is 1.57. The molecule has 0 saturated heterocycles. The molecule has 0 atom stereocenters. The smallest absolute Gasteiger partial charge is 0.254 e. The maximum absolute atomic E-state index is 12.5. The fourth-order valence-corrected chi connectivity index (χ4v) is 2.79. The van der Waals surface area contributed by atoms with Gasteiger partial charge in [0.25, 0.3) is 5.91 Å². The van der Waals surface area contributed by atoms with Crippen LogP contribution in [0.25, 0.3) is 0 Å². The fraction of sp³-hybridized carbons (Fsp3) is 0.286. The lowest BCUT2D eigenvalue weighted by molar-refractivity contribution is 0.0785. The Morgan fingerprint density at radius 2 is 2.20 bits per heavy atom. The van der Waals surface area contributed by atoms with Crippen LogP contribution in [0.1, 0.15) is 26.5 Å². The Hall–Kier alpha value is -1.92. The zero-order valence-corrected chi connectivity index (χ0v) is 12.6. The van der Waals surface area contributed by atoms with Crippen LogP contribution in [0.2, 0.25) is 0 Å². The third-order valence-electron chi connectivity index (χ3n) is 3.20. The van der Waals surface area contributed by atoms with Gasteiger partial charge in [-0.3, -0.25) is 10.6 Å². The summed E-state index contributed by atoms with van der Waals surface area (Å²) in [6.07, 6.45) is 0. The van der Waals surface area contributed by atoms with Crippen LogP contribution in [0.5, 0.6) is 0 Å². The van der Waals surface area contributed by atoms with Crippen molar-refractivity contribution < 1.29 is 4.79 Å². The Bertz CT molecular complexity index is 623. The summed E-state index contributed by atoms with van der Waals surface area (Å²) in [5.74, 6) is 5.36. The van der Waals surface area contributed by atoms with E-state index in [9.17, 15) is 4.79 Å². The van der Waals surface area contributed by atoms with Crippen LogP contribution in [0.15, 0.2) is 23.7 Å². The van der Waals surface area contributed by atoms with Crippen LogP contribution in [-0.2, 0) is 6.54 Å². The van der Waals surface area contributed by atoms with Crippen molar-refractivity contribution in [3.63, 3.8) is 0 Å². The Labute approximate surface area is 122 Å². The number of carbonyl (C=O) groups is 1. The van der Waals surface area contributed by atoms with Crippen molar-refractivity contribution >= 4 is 22.9 Å². The number of nitrogens with zero attached hydrogens (tertiary/aromatic N) is 2. The Morgan fingerprint density at radius 1 is 1.45 bits per heavy atom. The number of aryl methyl sites for hydroxylation is 2. The van der Waals surface area contributed by atoms with Crippen molar-refractivity contribution in [1.29, 1.82) is 0 Å². The minimum Gasteiger partial charge on any atom is -0.336 e. The van der Waals surface area contributed by atoms with E-state index in [1.54, 1.807) is 40.9 Å². The van der Waals surface area contributed by atoms with Gasteiger partial charge < -0.3 is 10.3 Å². The molecule has 3 N–H and O–H groups in total. The molecular formula is C14H18N4OS. The summed E-state index contributed by atoms with van der Waals surface area (Å²) in [4.78, 5) is 19.5. The number of nitrogens with two attached hydrogens (primary N) is 1. The molecule has 0 aliphatic carbocycles. The summed E-state index contributed by atoms with van der Waals surface area (Å²) in [5.41, 5.74) is 7.74. The SMILES string of the molecule is Cc1cc(NN)ccc1C(=O)N(C)Cc1scnc1C. The van der Waals surface area contributed by atoms with Crippen LogP contribution in [0.3, 0.4) is 0 Å². The molecule has 1 amide bonds. The zero-order chi connectivity index (χ0) is 14.7. The third kappa shape index (κ3) is 2.97. The predicted molar refractivity (Wildman–Crippen MR) is 81.6 cm³/mol. The minimum absolute atomic E-state index is 0.00104. The Kier molecular flexibility index (Phi) is 4.36. The number of nitrogen functional groups attached to an aromatic ring is 1. The van der Waals surface area contributed by atoms with Gasteiger partial charge in [0.1, 0.15) is 0 Å². The van der Waals surface area contributed by atoms with Gasteiger partial charge in [0.15, 0.2) is 0 Å². The topological polar surface area (TPSA) is 71.2 Å². The molecule has 0 spiro atoms. The molecule has 6 heteroatoms. The van der Waals surface area contributed by atoms with Crippen LogP contribution >= 0.6 is 11.3 Å². The number of hydrogen-bond donors (Lipinski definition) is 2. The fourth-order valence-electron chi connectivity index (χ4n) is 1.96. The van der Waals surface area contributed by atoms with Crippen LogP contribution in [0.4, 0.5) is 5.69 Å². The molecule has 106 valence electrons. The summed E-state index contributed by atoms with van der Waals surface area (Å²) < 4.78 is 0. The number of rotatable bonds is 4. The van der Waals surface area contributed by atoms with Crippen LogP contribution in [-0.4, -0.2) is 22.8 Å². The molecule has 5 nitrogen and oxygen atoms in total. The van der Waals surface area contributed by atoms with Gasteiger partial charge in [-0.15, -0.1) is 11.3 Å². The van der Waals surface area contributed by atoms with Crippen molar-refractivity contribution in [3.05, 3.63) is 45.4 Å². The first-order valence-electron chi connectivity index (χ1n) is 6.24. The van der Waals surface area contributed by atoms with Gasteiger partial charge in [0, 0.05) is 23.2 Å². The van der Waals surface area contributed by atoms with Gasteiger partial charge in [-0.05, 0) is 37.6 Å². The van der Waals surface area contributed by atoms with E-state index in [-0.39, 0.29) is 5.91 Å². The maximum atomic E-state index is 12.5. The molecule has 0 aliphatic rings. The van der Waals surface area contributed by atoms with Gasteiger partial charge in [-0.25, -0.2) is 4.98 Å². The summed E-state index contributed by atoms with van der Waals surface area (Å²) in [5, 5.41) is 0. The molecule has 2 rings (SSSR count). The second kappa shape index (κ2) is 6.02. The molecular weight excluding hydrogens is 272 g/mol. The third-order valence-corrected chi connectivity index (χ3v) is 4.12. The molecule has 1 aromatic heterocycles. The first-order chi connectivity index (χ1) is 9.52. The Balaban J connectivity index is 2.16. The highest BCUT2D eigenvalue weighted by molar-refractivity contribution is 7.09. The quantitative estimate of drug-likeness (QED) is 0.669. The predicted octanol–water partition coefficient (Wildman–Crippen LogP) is 2.32. The zero-order valence-electron chi connectivity index (χ0n) is 11.8. The highest BCUT2D eigenvalue weighted by Gasteiger charge is 2.16. The molecule has 1 heterocycles. The van der Waals surface area contributed by atoms with E-state index in [1.165, 1.54) is 0 Å². The van der Waals surface area contributed by atoms with Crippen molar-refractivity contribution in [3.8, 4) is 0 Å². The highest BCUT2D eigenvalue weighted by atomic mass is 32.1. The number of aromatic nitrogens is 1. The second-order valence-corrected chi connectivity index (χ2v) is 5.64. The van der Waals surface area contributed by atoms with Crippen molar-refractivity contribution in [2.75, 3.05) is 12.5 Å². The van der Waals surface area contributed by atoms with Gasteiger partial charge in [-0.2, -0.15) is 0 Å². The van der Waals surface area contributed by atoms with E-state index in [0.717, 1.165) is 21.8 Å². The van der Waals surface area contributed by atoms with Crippen molar-refractivity contribution in [1.82, 2.24) is 9.88 Å². The Morgan fingerprint density at radius 3 is 2.75 bits per heavy atom. The van der Waals surface area contributed by atoms with Gasteiger partial charge in [0.05, 0.1) is 17.7 Å². The first kappa shape index (κ1) is 14.5. The average Bonchev–Trinajstić information content (AvgIpc) is 2.83. The van der Waals surface area contributed by atoms with Gasteiger partial charge in [0.2, 0.25) is 0 Å². The van der Waals surface area contributed by atoms with Gasteiger partial charge >= 0.3 is 0 Å². The highest BCUT2D eigenvalue weighted by Crippen LogP contribution is 2.19. The molecule has 2 aromatic rings. The van der Waals surface area contributed by atoms with Gasteiger partial charge in [-0.1, -0.05) is 0 Å². The van der Waals surface area contributed by atoms with Crippen LogP contribution < -0.4 is 11.3 Å². The molecule has 0 radical (unpaired) electrons. The second-order valence-electron chi connectivity index (χ2n) is 4.70. The lowest BCUT2D eigenvalue weighted by atomic mass is 10.1. The normalized spacial score (nSPS) is 10.4. The number of amides is 1. The van der Waals surface area contributed by atoms with Crippen LogP contribution in [0, 0.1) is 13.8 Å². The minimum atomic E-state index is -0.00104. The standard InChI is InChI=1S/C14H18N4OS/c1-9-6-11(17-15)4-5-12(9)14(19)18(3)7-13-10(2)16-8-20-13/h4-6,8,17H,7,15H2,1-3H3. The number of thiazole rings is 1. The van der Waals surface area contributed by atoms with E-state index in [2.05, 4.69) is 10.4 Å². The van der Waals surface area contributed by atoms with E-state index < -0.39 is 0 Å². The molecule has 1 aromatic carbocycles. The molecule has 0 fully saturated rings. The number of nitrogens with one attached hydrogen (secondary N) is 1. The number of benzene rings is 1. The summed E-state index contributed by atoms with van der Waals surface area (Å²) in [7, 11) is 1.80. The number of carbonyl (C=O) groups excluding carboxylic acids is 1. The maximum Gasteiger partial charge on any atom is 0.254 e. The molecule has 0 unspecified atom stereocenters. The molecule has 0 aliphatic heterocycles. The van der Waals surface area contributed by atoms with E-state index >= 15 is 0 Å². The largest absolute Gasteiger partial charge is 0.336 e. The number of hydrogen-bond acceptors (Lipinski definition) is 5. The molecule has 0 bridgehead atoms. The summed E-state index contributed by atoms with van der Waals surface area (Å²) in [6, 6.07) is 5.45. The average molecular weight is 290 g/mol. The lowest BCUT2D eigenvalue weighted by Crippen LogP contribution is -2.26. The van der Waals surface area contributed by atoms with Crippen molar-refractivity contribution in [2.45, 2.75) is 20.4 Å². The van der Waals surface area contributed by atoms with Crippen molar-refractivity contribution in [2.24, 2.45) is 5.84 Å². The lowest BCUT2D eigenvalue weighted by Gasteiger charge is -2.18. The molecule has 20 heavy (non-hydrogen) atoms. The van der Waals surface area contributed by atoms with E-state index in [4.69, 9.17) is 5.84 Å². The summed E-state index contributed by atoms with van der Waals surface area (Å²) in [6.45, 7) is 4.43. The monoisotopic (exact) mass is 290 g/mol.